The largest absolute Gasteiger partial charge is 0.458 e. The Morgan fingerprint density at radius 3 is 2.12 bits per heavy atom. The van der Waals surface area contributed by atoms with E-state index in [0.717, 1.165) is 62.1 Å². The summed E-state index contributed by atoms with van der Waals surface area (Å²) in [6.07, 6.45) is 0. The third kappa shape index (κ3) is 2.25. The van der Waals surface area contributed by atoms with E-state index in [4.69, 9.17) is 13.9 Å². The van der Waals surface area contributed by atoms with Crippen LogP contribution in [-0.4, -0.2) is 6.71 Å². The molecule has 2 aliphatic heterocycles. The Morgan fingerprint density at radius 1 is 0.719 bits per heavy atom. The number of nitrogens with zero attached hydrogens (tertiary/aromatic N) is 1. The third-order valence-electron chi connectivity index (χ3n) is 6.55. The zero-order valence-electron chi connectivity index (χ0n) is 17.8. The molecule has 7 rings (SSSR count). The predicted molar refractivity (Wildman–Crippen MR) is 125 cm³/mol. The molecule has 0 unspecified atom stereocenters. The Kier molecular flexibility index (Phi) is 3.46. The molecular formula is C27H19BNO3+. The molecule has 0 bridgehead atoms. The number of fused-ring (bicyclic) bond motifs is 6. The molecule has 0 saturated heterocycles. The maximum Gasteiger partial charge on any atom is 0.350 e. The minimum absolute atomic E-state index is 0.0415. The molecule has 0 saturated carbocycles. The number of hydrogen-bond acceptors (Lipinski definition) is 3. The van der Waals surface area contributed by atoms with Crippen LogP contribution >= 0.6 is 0 Å². The fourth-order valence-corrected chi connectivity index (χ4v) is 5.16. The van der Waals surface area contributed by atoms with Crippen molar-refractivity contribution < 1.29 is 18.5 Å². The minimum Gasteiger partial charge on any atom is -0.458 e. The van der Waals surface area contributed by atoms with Crippen LogP contribution in [0.15, 0.2) is 83.3 Å². The van der Waals surface area contributed by atoms with E-state index in [9.17, 15) is 0 Å². The molecule has 4 nitrogen and oxygen atoms in total. The molecule has 32 heavy (non-hydrogen) atoms. The molecule has 4 aromatic carbocycles. The normalized spacial score (nSPS) is 13.1. The van der Waals surface area contributed by atoms with Gasteiger partial charge < -0.3 is 13.9 Å². The van der Waals surface area contributed by atoms with Crippen LogP contribution in [0.5, 0.6) is 23.0 Å². The van der Waals surface area contributed by atoms with Gasteiger partial charge in [-0.2, -0.15) is 0 Å². The van der Waals surface area contributed by atoms with Gasteiger partial charge in [0.15, 0.2) is 0 Å². The summed E-state index contributed by atoms with van der Waals surface area (Å²) in [5.41, 5.74) is 7.28. The molecular weight excluding hydrogens is 397 g/mol. The van der Waals surface area contributed by atoms with Crippen LogP contribution in [0.4, 0.5) is 0 Å². The van der Waals surface area contributed by atoms with E-state index in [2.05, 4.69) is 60.0 Å². The molecule has 0 N–H and O–H groups in total. The molecule has 0 aliphatic carbocycles. The number of para-hydroxylation sites is 3. The lowest BCUT2D eigenvalue weighted by Crippen LogP contribution is -2.57. The predicted octanol–water partition coefficient (Wildman–Crippen LogP) is 4.05. The number of aromatic nitrogens is 1. The molecule has 3 heterocycles. The van der Waals surface area contributed by atoms with Crippen molar-refractivity contribution in [3.8, 4) is 28.7 Å². The Hall–Kier alpha value is -3.99. The summed E-state index contributed by atoms with van der Waals surface area (Å²) in [5, 5.41) is 0. The molecule has 0 fully saturated rings. The van der Waals surface area contributed by atoms with Crippen LogP contribution < -0.4 is 30.4 Å². The highest BCUT2D eigenvalue weighted by atomic mass is 16.5. The highest BCUT2D eigenvalue weighted by Gasteiger charge is 2.44. The lowest BCUT2D eigenvalue weighted by Gasteiger charge is -2.31. The van der Waals surface area contributed by atoms with Gasteiger partial charge in [0.2, 0.25) is 17.0 Å². The number of benzene rings is 4. The monoisotopic (exact) mass is 416 g/mol. The van der Waals surface area contributed by atoms with Gasteiger partial charge in [-0.15, -0.1) is 4.57 Å². The van der Waals surface area contributed by atoms with Gasteiger partial charge in [0, 0.05) is 23.2 Å². The molecule has 0 spiro atoms. The fraction of sp³-hybridized carbons (Fsp3) is 0.0741. The molecule has 0 atom stereocenters. The number of hydrogen-bond donors (Lipinski definition) is 0. The van der Waals surface area contributed by atoms with Crippen molar-refractivity contribution >= 4 is 34.2 Å². The van der Waals surface area contributed by atoms with Gasteiger partial charge in [-0.05, 0) is 30.0 Å². The smallest absolute Gasteiger partial charge is 0.350 e. The van der Waals surface area contributed by atoms with Gasteiger partial charge in [0.1, 0.15) is 17.2 Å². The summed E-state index contributed by atoms with van der Waals surface area (Å²) in [5.74, 6) is 4.13. The lowest BCUT2D eigenvalue weighted by molar-refractivity contribution is -0.581. The molecule has 1 aromatic heterocycles. The molecule has 0 radical (unpaired) electrons. The lowest BCUT2D eigenvalue weighted by atomic mass is 9.35. The van der Waals surface area contributed by atoms with Gasteiger partial charge in [-0.3, -0.25) is 0 Å². The maximum atomic E-state index is 6.61. The van der Waals surface area contributed by atoms with Crippen molar-refractivity contribution in [2.75, 3.05) is 0 Å². The first-order valence-corrected chi connectivity index (χ1v) is 10.8. The summed E-state index contributed by atoms with van der Waals surface area (Å²) < 4.78 is 21.4. The van der Waals surface area contributed by atoms with Gasteiger partial charge >= 0.3 is 5.89 Å². The van der Waals surface area contributed by atoms with Crippen molar-refractivity contribution in [3.05, 3.63) is 90.3 Å². The Bertz CT molecular complexity index is 1560. The van der Waals surface area contributed by atoms with Crippen LogP contribution in [0.1, 0.15) is 11.5 Å². The van der Waals surface area contributed by atoms with E-state index in [0.29, 0.717) is 0 Å². The summed E-state index contributed by atoms with van der Waals surface area (Å²) in [4.78, 5) is 0. The van der Waals surface area contributed by atoms with Crippen molar-refractivity contribution in [2.24, 2.45) is 0 Å². The van der Waals surface area contributed by atoms with Crippen LogP contribution in [0.3, 0.4) is 0 Å². The van der Waals surface area contributed by atoms with E-state index in [1.165, 1.54) is 5.56 Å². The van der Waals surface area contributed by atoms with E-state index in [-0.39, 0.29) is 6.71 Å². The number of aryl methyl sites for hydroxylation is 2. The zero-order valence-corrected chi connectivity index (χ0v) is 17.8. The first kappa shape index (κ1) is 17.7. The van der Waals surface area contributed by atoms with Gasteiger partial charge in [-0.25, -0.2) is 0 Å². The highest BCUT2D eigenvalue weighted by Crippen LogP contribution is 2.39. The summed E-state index contributed by atoms with van der Waals surface area (Å²) in [7, 11) is 0. The van der Waals surface area contributed by atoms with Crippen molar-refractivity contribution in [1.82, 2.24) is 0 Å². The fourth-order valence-electron chi connectivity index (χ4n) is 5.16. The Balaban J connectivity index is 1.62. The topological polar surface area (TPSA) is 35.5 Å². The van der Waals surface area contributed by atoms with Crippen molar-refractivity contribution in [1.29, 1.82) is 0 Å². The number of ether oxygens (including phenoxy) is 2. The maximum absolute atomic E-state index is 6.61. The third-order valence-corrected chi connectivity index (χ3v) is 6.55. The Morgan fingerprint density at radius 2 is 1.38 bits per heavy atom. The van der Waals surface area contributed by atoms with Crippen LogP contribution in [0, 0.1) is 13.8 Å². The average Bonchev–Trinajstić information content (AvgIpc) is 3.14. The summed E-state index contributed by atoms with van der Waals surface area (Å²) in [6.45, 7) is 4.14. The number of rotatable bonds is 1. The molecule has 0 amide bonds. The van der Waals surface area contributed by atoms with Crippen LogP contribution in [0.2, 0.25) is 0 Å². The first-order valence-electron chi connectivity index (χ1n) is 10.8. The average molecular weight is 416 g/mol. The van der Waals surface area contributed by atoms with E-state index in [1.807, 2.05) is 37.3 Å². The minimum atomic E-state index is 0.0415. The van der Waals surface area contributed by atoms with E-state index < -0.39 is 0 Å². The summed E-state index contributed by atoms with van der Waals surface area (Å²) in [6, 6.07) is 26.9. The van der Waals surface area contributed by atoms with Crippen molar-refractivity contribution in [3.63, 3.8) is 0 Å². The standard InChI is InChI=1S/C27H19BNO3/c1-16-9-3-6-12-20(16)29-17(2)30-24-15-23-25-27(26(24)29)32-22-14-8-5-11-19(22)28(25)18-10-4-7-13-21(18)31-23/h3-15H,1-2H3/q+1. The second-order valence-electron chi connectivity index (χ2n) is 8.42. The van der Waals surface area contributed by atoms with Gasteiger partial charge in [0.05, 0.1) is 6.92 Å². The van der Waals surface area contributed by atoms with Crippen molar-refractivity contribution in [2.45, 2.75) is 13.8 Å². The quantitative estimate of drug-likeness (QED) is 0.299. The number of oxazole rings is 1. The first-order chi connectivity index (χ1) is 15.7. The zero-order chi connectivity index (χ0) is 21.4. The van der Waals surface area contributed by atoms with Gasteiger partial charge in [-0.1, -0.05) is 54.6 Å². The molecule has 2 aliphatic rings. The SMILES string of the molecule is Cc1ccccc1-[n+]1c(C)oc2cc3c4c(c21)Oc1ccccc1B4c1ccccc1O3. The van der Waals surface area contributed by atoms with Crippen LogP contribution in [0.25, 0.3) is 16.8 Å². The van der Waals surface area contributed by atoms with E-state index >= 15 is 0 Å². The highest BCUT2D eigenvalue weighted by molar-refractivity contribution is 6.98. The van der Waals surface area contributed by atoms with E-state index in [1.54, 1.807) is 0 Å². The molecule has 5 aromatic rings. The summed E-state index contributed by atoms with van der Waals surface area (Å²) >= 11 is 0. The second-order valence-corrected chi connectivity index (χ2v) is 8.42. The van der Waals surface area contributed by atoms with Crippen LogP contribution in [-0.2, 0) is 0 Å². The molecule has 5 heteroatoms. The molecule has 152 valence electrons. The Labute approximate surface area is 185 Å². The second kappa shape index (κ2) is 6.27. The van der Waals surface area contributed by atoms with Gasteiger partial charge in [0.25, 0.3) is 12.2 Å².